The second-order valence-electron chi connectivity index (χ2n) is 3.34. The third-order valence-electron chi connectivity index (χ3n) is 2.17. The van der Waals surface area contributed by atoms with Crippen molar-refractivity contribution in [2.75, 3.05) is 6.61 Å². The van der Waals surface area contributed by atoms with E-state index in [1.807, 2.05) is 0 Å². The maximum absolute atomic E-state index is 11.8. The Labute approximate surface area is 105 Å². The van der Waals surface area contributed by atoms with Crippen LogP contribution in [0.2, 0.25) is 0 Å². The minimum absolute atomic E-state index is 0.0772. The molecular formula is C12H9BrO4. The normalized spacial score (nSPS) is 10.5. The van der Waals surface area contributed by atoms with Gasteiger partial charge in [-0.15, -0.1) is 0 Å². The summed E-state index contributed by atoms with van der Waals surface area (Å²) < 4.78 is 10.9. The molecule has 0 aliphatic carbocycles. The predicted octanol–water partition coefficient (Wildman–Crippen LogP) is 2.73. The molecule has 0 bridgehead atoms. The topological polar surface area (TPSA) is 56.5 Å². The van der Waals surface area contributed by atoms with E-state index >= 15 is 0 Å². The first-order valence-corrected chi connectivity index (χ1v) is 5.81. The second-order valence-corrected chi connectivity index (χ2v) is 4.25. The number of hydrogen-bond acceptors (Lipinski definition) is 4. The summed E-state index contributed by atoms with van der Waals surface area (Å²) in [6, 6.07) is 6.16. The minimum Gasteiger partial charge on any atom is -0.460 e. The first-order chi connectivity index (χ1) is 8.11. The van der Waals surface area contributed by atoms with Gasteiger partial charge in [0.15, 0.2) is 5.43 Å². The van der Waals surface area contributed by atoms with Crippen LogP contribution in [-0.2, 0) is 4.74 Å². The van der Waals surface area contributed by atoms with E-state index in [-0.39, 0.29) is 17.8 Å². The molecule has 0 saturated carbocycles. The van der Waals surface area contributed by atoms with Gasteiger partial charge in [-0.1, -0.05) is 15.9 Å². The number of rotatable bonds is 2. The summed E-state index contributed by atoms with van der Waals surface area (Å²) in [6.45, 7) is 1.93. The van der Waals surface area contributed by atoms with Crippen molar-refractivity contribution in [2.45, 2.75) is 6.92 Å². The maximum atomic E-state index is 11.8. The standard InChI is InChI=1S/C12H9BrO4/c1-2-16-12(15)11-6-9(14)8-5-7(13)3-4-10(8)17-11/h3-6H,2H2,1H3. The van der Waals surface area contributed by atoms with Crippen LogP contribution < -0.4 is 5.43 Å². The van der Waals surface area contributed by atoms with Crippen molar-refractivity contribution < 1.29 is 13.9 Å². The van der Waals surface area contributed by atoms with Gasteiger partial charge in [-0.05, 0) is 25.1 Å². The summed E-state index contributed by atoms with van der Waals surface area (Å²) >= 11 is 3.27. The van der Waals surface area contributed by atoms with Gasteiger partial charge in [0.2, 0.25) is 5.76 Å². The molecule has 0 fully saturated rings. The van der Waals surface area contributed by atoms with Crippen molar-refractivity contribution in [3.8, 4) is 0 Å². The summed E-state index contributed by atoms with van der Waals surface area (Å²) in [4.78, 5) is 23.2. The molecule has 5 heteroatoms. The molecule has 0 radical (unpaired) electrons. The summed E-state index contributed by atoms with van der Waals surface area (Å²) in [5.41, 5.74) is 0.0966. The molecule has 88 valence electrons. The zero-order valence-corrected chi connectivity index (χ0v) is 10.6. The van der Waals surface area contributed by atoms with Crippen molar-refractivity contribution in [3.05, 3.63) is 44.7 Å². The highest BCUT2D eigenvalue weighted by Crippen LogP contribution is 2.18. The van der Waals surface area contributed by atoms with Gasteiger partial charge < -0.3 is 9.15 Å². The SMILES string of the molecule is CCOC(=O)c1cc(=O)c2cc(Br)ccc2o1. The lowest BCUT2D eigenvalue weighted by molar-refractivity contribution is 0.0490. The molecule has 0 aliphatic rings. The number of halogens is 1. The lowest BCUT2D eigenvalue weighted by Gasteiger charge is -2.02. The van der Waals surface area contributed by atoms with Crippen LogP contribution >= 0.6 is 15.9 Å². The highest BCUT2D eigenvalue weighted by molar-refractivity contribution is 9.10. The van der Waals surface area contributed by atoms with Gasteiger partial charge in [0, 0.05) is 10.5 Å². The number of ether oxygens (including phenoxy) is 1. The zero-order chi connectivity index (χ0) is 12.4. The van der Waals surface area contributed by atoms with E-state index in [0.717, 1.165) is 10.5 Å². The fourth-order valence-corrected chi connectivity index (χ4v) is 1.79. The molecule has 0 spiro atoms. The van der Waals surface area contributed by atoms with Gasteiger partial charge in [-0.25, -0.2) is 4.79 Å². The Morgan fingerprint density at radius 1 is 1.41 bits per heavy atom. The zero-order valence-electron chi connectivity index (χ0n) is 9.03. The maximum Gasteiger partial charge on any atom is 0.374 e. The Morgan fingerprint density at radius 2 is 2.18 bits per heavy atom. The highest BCUT2D eigenvalue weighted by atomic mass is 79.9. The van der Waals surface area contributed by atoms with E-state index in [4.69, 9.17) is 9.15 Å². The molecule has 1 heterocycles. The Hall–Kier alpha value is -1.62. The van der Waals surface area contributed by atoms with Crippen LogP contribution in [0.1, 0.15) is 17.5 Å². The van der Waals surface area contributed by atoms with E-state index in [0.29, 0.717) is 11.0 Å². The van der Waals surface area contributed by atoms with Gasteiger partial charge in [0.1, 0.15) is 5.58 Å². The number of carbonyl (C=O) groups excluding carboxylic acids is 1. The van der Waals surface area contributed by atoms with Gasteiger partial charge in [0.05, 0.1) is 12.0 Å². The molecule has 1 aromatic carbocycles. The van der Waals surface area contributed by atoms with Crippen LogP contribution in [0, 0.1) is 0 Å². The van der Waals surface area contributed by atoms with Gasteiger partial charge >= 0.3 is 5.97 Å². The van der Waals surface area contributed by atoms with Crippen LogP contribution in [0.5, 0.6) is 0 Å². The fourth-order valence-electron chi connectivity index (χ4n) is 1.43. The number of fused-ring (bicyclic) bond motifs is 1. The van der Waals surface area contributed by atoms with Crippen LogP contribution in [0.25, 0.3) is 11.0 Å². The first kappa shape index (κ1) is 11.9. The van der Waals surface area contributed by atoms with Crippen molar-refractivity contribution >= 4 is 32.9 Å². The van der Waals surface area contributed by atoms with E-state index in [9.17, 15) is 9.59 Å². The third kappa shape index (κ3) is 2.39. The molecule has 0 N–H and O–H groups in total. The predicted molar refractivity (Wildman–Crippen MR) is 66.1 cm³/mol. The van der Waals surface area contributed by atoms with Crippen LogP contribution in [0.4, 0.5) is 0 Å². The van der Waals surface area contributed by atoms with Crippen molar-refractivity contribution in [2.24, 2.45) is 0 Å². The van der Waals surface area contributed by atoms with Crippen molar-refractivity contribution in [3.63, 3.8) is 0 Å². The van der Waals surface area contributed by atoms with Crippen LogP contribution in [-0.4, -0.2) is 12.6 Å². The van der Waals surface area contributed by atoms with Crippen LogP contribution in [0.15, 0.2) is 37.9 Å². The Morgan fingerprint density at radius 3 is 2.88 bits per heavy atom. The minimum atomic E-state index is -0.630. The smallest absolute Gasteiger partial charge is 0.374 e. The lowest BCUT2D eigenvalue weighted by atomic mass is 10.2. The average Bonchev–Trinajstić information content (AvgIpc) is 2.30. The largest absolute Gasteiger partial charge is 0.460 e. The van der Waals surface area contributed by atoms with E-state index < -0.39 is 5.97 Å². The Kier molecular flexibility index (Phi) is 3.28. The summed E-state index contributed by atoms with van der Waals surface area (Å²) in [5, 5.41) is 0.424. The van der Waals surface area contributed by atoms with Gasteiger partial charge in [0.25, 0.3) is 0 Å². The molecule has 0 amide bonds. The molecule has 2 rings (SSSR count). The lowest BCUT2D eigenvalue weighted by Crippen LogP contribution is -2.09. The number of carbonyl (C=O) groups is 1. The average molecular weight is 297 g/mol. The molecule has 1 aromatic heterocycles. The molecule has 17 heavy (non-hydrogen) atoms. The van der Waals surface area contributed by atoms with E-state index in [1.54, 1.807) is 25.1 Å². The van der Waals surface area contributed by atoms with Crippen molar-refractivity contribution in [1.82, 2.24) is 0 Å². The summed E-state index contributed by atoms with van der Waals surface area (Å²) in [6.07, 6.45) is 0. The number of benzene rings is 1. The first-order valence-electron chi connectivity index (χ1n) is 5.02. The van der Waals surface area contributed by atoms with Gasteiger partial charge in [-0.2, -0.15) is 0 Å². The Bertz CT molecular complexity index is 630. The van der Waals surface area contributed by atoms with Crippen molar-refractivity contribution in [1.29, 1.82) is 0 Å². The second kappa shape index (κ2) is 4.71. The number of esters is 1. The van der Waals surface area contributed by atoms with Crippen LogP contribution in [0.3, 0.4) is 0 Å². The molecule has 0 atom stereocenters. The number of hydrogen-bond donors (Lipinski definition) is 0. The molecule has 0 saturated heterocycles. The summed E-state index contributed by atoms with van der Waals surface area (Å²) in [7, 11) is 0. The van der Waals surface area contributed by atoms with E-state index in [2.05, 4.69) is 15.9 Å². The third-order valence-corrected chi connectivity index (χ3v) is 2.66. The van der Waals surface area contributed by atoms with E-state index in [1.165, 1.54) is 0 Å². The molecular weight excluding hydrogens is 288 g/mol. The molecule has 2 aromatic rings. The molecule has 0 aliphatic heterocycles. The molecule has 0 unspecified atom stereocenters. The Balaban J connectivity index is 2.60. The monoisotopic (exact) mass is 296 g/mol. The quantitative estimate of drug-likeness (QED) is 0.800. The van der Waals surface area contributed by atoms with Gasteiger partial charge in [-0.3, -0.25) is 4.79 Å². The summed E-state index contributed by atoms with van der Waals surface area (Å²) in [5.74, 6) is -0.707. The molecule has 4 nitrogen and oxygen atoms in total. The highest BCUT2D eigenvalue weighted by Gasteiger charge is 2.13. The fraction of sp³-hybridized carbons (Fsp3) is 0.167.